The van der Waals surface area contributed by atoms with Crippen molar-refractivity contribution in [1.82, 2.24) is 14.6 Å². The molecule has 152 valence electrons. The zero-order chi connectivity index (χ0) is 20.5. The lowest BCUT2D eigenvalue weighted by molar-refractivity contribution is 0.300. The quantitative estimate of drug-likeness (QED) is 0.357. The van der Waals surface area contributed by atoms with E-state index >= 15 is 0 Å². The summed E-state index contributed by atoms with van der Waals surface area (Å²) in [6.45, 7) is 0. The van der Waals surface area contributed by atoms with Crippen molar-refractivity contribution in [3.05, 3.63) is 45.4 Å². The number of oxime groups is 1. The van der Waals surface area contributed by atoms with Crippen LogP contribution in [-0.2, 0) is 22.9 Å². The first-order valence-corrected chi connectivity index (χ1v) is 10.9. The van der Waals surface area contributed by atoms with Gasteiger partial charge in [0.05, 0.1) is 9.72 Å². The summed E-state index contributed by atoms with van der Waals surface area (Å²) in [5, 5.41) is 20.1. The van der Waals surface area contributed by atoms with Gasteiger partial charge in [0.1, 0.15) is 17.2 Å². The van der Waals surface area contributed by atoms with Crippen molar-refractivity contribution in [3.8, 4) is 0 Å². The lowest BCUT2D eigenvalue weighted by atomic mass is 10.0. The van der Waals surface area contributed by atoms with E-state index in [1.54, 1.807) is 12.1 Å². The van der Waals surface area contributed by atoms with Gasteiger partial charge < -0.3 is 5.21 Å². The summed E-state index contributed by atoms with van der Waals surface area (Å²) in [4.78, 5) is 0. The maximum absolute atomic E-state index is 13.4. The Kier molecular flexibility index (Phi) is 6.15. The van der Waals surface area contributed by atoms with Gasteiger partial charge in [-0.1, -0.05) is 16.4 Å². The molecule has 1 heterocycles. The molecule has 2 aromatic rings. The zero-order valence-corrected chi connectivity index (χ0v) is 17.7. The number of benzene rings is 1. The third-order valence-corrected chi connectivity index (χ3v) is 7.78. The Hall–Kier alpha value is -1.85. The molecule has 0 saturated heterocycles. The fraction of sp³-hybridized carbons (Fsp3) is 0.471. The van der Waals surface area contributed by atoms with Crippen LogP contribution >= 0.6 is 15.9 Å². The number of rotatable bonds is 8. The van der Waals surface area contributed by atoms with E-state index in [1.165, 1.54) is 24.5 Å². The number of nitrogens with zero attached hydrogens (tertiary/aromatic N) is 4. The van der Waals surface area contributed by atoms with Crippen molar-refractivity contribution in [2.75, 3.05) is 14.1 Å². The number of halogens is 2. The highest BCUT2D eigenvalue weighted by Crippen LogP contribution is 2.41. The molecular weight excluding hydrogens is 455 g/mol. The summed E-state index contributed by atoms with van der Waals surface area (Å²) in [6.07, 6.45) is 1.89. The van der Waals surface area contributed by atoms with Crippen molar-refractivity contribution in [2.24, 2.45) is 11.1 Å². The molecule has 1 saturated carbocycles. The molecule has 0 aliphatic heterocycles. The minimum Gasteiger partial charge on any atom is -0.411 e. The first kappa shape index (κ1) is 20.9. The predicted octanol–water partition coefficient (Wildman–Crippen LogP) is 2.60. The summed E-state index contributed by atoms with van der Waals surface area (Å²) in [7, 11) is -0.188. The molecule has 8 nitrogen and oxygen atoms in total. The first-order valence-electron chi connectivity index (χ1n) is 8.62. The van der Waals surface area contributed by atoms with E-state index in [0.717, 1.165) is 0 Å². The van der Waals surface area contributed by atoms with Crippen molar-refractivity contribution >= 4 is 31.7 Å². The Morgan fingerprint density at radius 1 is 1.43 bits per heavy atom. The zero-order valence-electron chi connectivity index (χ0n) is 15.3. The second kappa shape index (κ2) is 8.26. The van der Waals surface area contributed by atoms with Gasteiger partial charge in [0, 0.05) is 20.5 Å². The Bertz CT molecular complexity index is 993. The molecule has 1 aliphatic rings. The average Bonchev–Trinajstić information content (AvgIpc) is 3.30. The van der Waals surface area contributed by atoms with Gasteiger partial charge in [-0.15, -0.1) is 0 Å². The van der Waals surface area contributed by atoms with Gasteiger partial charge in [-0.25, -0.2) is 21.7 Å². The number of aromatic nitrogens is 2. The fourth-order valence-electron chi connectivity index (χ4n) is 3.08. The van der Waals surface area contributed by atoms with Crippen LogP contribution in [0.4, 0.5) is 4.39 Å². The van der Waals surface area contributed by atoms with Crippen LogP contribution in [0.3, 0.4) is 0 Å². The van der Waals surface area contributed by atoms with Crippen LogP contribution in [0.5, 0.6) is 0 Å². The molecule has 1 aromatic carbocycles. The Balaban J connectivity index is 1.67. The maximum Gasteiger partial charge on any atom is 0.216 e. The van der Waals surface area contributed by atoms with E-state index in [9.17, 15) is 18.0 Å². The Morgan fingerprint density at radius 3 is 2.82 bits per heavy atom. The van der Waals surface area contributed by atoms with Gasteiger partial charge in [-0.2, -0.15) is 0 Å². The van der Waals surface area contributed by atoms with E-state index < -0.39 is 10.0 Å². The first-order chi connectivity index (χ1) is 13.2. The third kappa shape index (κ3) is 4.41. The maximum atomic E-state index is 13.4. The van der Waals surface area contributed by atoms with Gasteiger partial charge in [0.25, 0.3) is 0 Å². The SMILES string of the molecule is CN(C)S(=O)(=O)C1CC1CCc1nonc1/C(Cc1ccc(F)c(Br)c1)=N/O. The molecule has 2 atom stereocenters. The van der Waals surface area contributed by atoms with Crippen LogP contribution in [0.1, 0.15) is 29.8 Å². The van der Waals surface area contributed by atoms with E-state index in [1.807, 2.05) is 0 Å². The summed E-state index contributed by atoms with van der Waals surface area (Å²) >= 11 is 3.12. The molecule has 11 heteroatoms. The summed E-state index contributed by atoms with van der Waals surface area (Å²) in [6, 6.07) is 4.49. The van der Waals surface area contributed by atoms with E-state index in [0.29, 0.717) is 40.7 Å². The Morgan fingerprint density at radius 2 is 2.18 bits per heavy atom. The summed E-state index contributed by atoms with van der Waals surface area (Å²) in [5.41, 5.74) is 1.77. The van der Waals surface area contributed by atoms with Crippen molar-refractivity contribution in [3.63, 3.8) is 0 Å². The van der Waals surface area contributed by atoms with Crippen molar-refractivity contribution in [1.29, 1.82) is 0 Å². The Labute approximate surface area is 170 Å². The number of sulfonamides is 1. The smallest absolute Gasteiger partial charge is 0.216 e. The highest BCUT2D eigenvalue weighted by molar-refractivity contribution is 9.10. The topological polar surface area (TPSA) is 109 Å². The molecule has 1 aliphatic carbocycles. The lowest BCUT2D eigenvalue weighted by Gasteiger charge is -2.10. The van der Waals surface area contributed by atoms with Gasteiger partial charge in [-0.05, 0) is 64.0 Å². The van der Waals surface area contributed by atoms with Crippen LogP contribution < -0.4 is 0 Å². The molecule has 0 spiro atoms. The van der Waals surface area contributed by atoms with Gasteiger partial charge in [0.15, 0.2) is 5.69 Å². The highest BCUT2D eigenvalue weighted by Gasteiger charge is 2.47. The lowest BCUT2D eigenvalue weighted by Crippen LogP contribution is -2.27. The minimum absolute atomic E-state index is 0.0551. The van der Waals surface area contributed by atoms with Crippen LogP contribution in [0.2, 0.25) is 0 Å². The third-order valence-electron chi connectivity index (χ3n) is 4.81. The molecule has 2 unspecified atom stereocenters. The number of aryl methyl sites for hydroxylation is 1. The fourth-order valence-corrected chi connectivity index (χ4v) is 5.16. The molecule has 28 heavy (non-hydrogen) atoms. The van der Waals surface area contributed by atoms with Gasteiger partial charge in [0.2, 0.25) is 10.0 Å². The summed E-state index contributed by atoms with van der Waals surface area (Å²) in [5.74, 6) is -0.332. The van der Waals surface area contributed by atoms with Crippen LogP contribution in [0.15, 0.2) is 32.5 Å². The highest BCUT2D eigenvalue weighted by atomic mass is 79.9. The van der Waals surface area contributed by atoms with E-state index in [4.69, 9.17) is 4.63 Å². The number of hydrogen-bond donors (Lipinski definition) is 1. The predicted molar refractivity (Wildman–Crippen MR) is 103 cm³/mol. The largest absolute Gasteiger partial charge is 0.411 e. The number of hydrogen-bond acceptors (Lipinski definition) is 7. The van der Waals surface area contributed by atoms with Gasteiger partial charge >= 0.3 is 0 Å². The molecule has 1 aromatic heterocycles. The molecule has 1 N–H and O–H groups in total. The molecule has 0 bridgehead atoms. The molecular formula is C17H20BrFN4O4S. The van der Waals surface area contributed by atoms with Crippen LogP contribution in [0, 0.1) is 11.7 Å². The van der Waals surface area contributed by atoms with E-state index in [-0.39, 0.29) is 29.1 Å². The van der Waals surface area contributed by atoms with Crippen LogP contribution in [-0.4, -0.2) is 53.3 Å². The standard InChI is InChI=1S/C17H20BrFN4O4S/c1-23(2)28(25,26)16-9-11(16)4-6-14-17(22-27-21-14)15(20-24)8-10-3-5-13(19)12(18)7-10/h3,5,7,11,16,24H,4,6,8-9H2,1-2H3/b20-15+. The van der Waals surface area contributed by atoms with E-state index in [2.05, 4.69) is 31.4 Å². The molecule has 3 rings (SSSR count). The second-order valence-electron chi connectivity index (χ2n) is 6.93. The van der Waals surface area contributed by atoms with Gasteiger partial charge in [-0.3, -0.25) is 0 Å². The second-order valence-corrected chi connectivity index (χ2v) is 10.2. The minimum atomic E-state index is -3.25. The normalized spacial score (nSPS) is 20.0. The molecule has 1 fully saturated rings. The summed E-state index contributed by atoms with van der Waals surface area (Å²) < 4.78 is 44.0. The van der Waals surface area contributed by atoms with Crippen molar-refractivity contribution < 1.29 is 22.6 Å². The molecule has 0 radical (unpaired) electrons. The average molecular weight is 475 g/mol. The molecule has 0 amide bonds. The van der Waals surface area contributed by atoms with Crippen molar-refractivity contribution in [2.45, 2.75) is 30.9 Å². The van der Waals surface area contributed by atoms with Crippen LogP contribution in [0.25, 0.3) is 0 Å². The monoisotopic (exact) mass is 474 g/mol.